The molecule has 76 valence electrons. The van der Waals surface area contributed by atoms with Crippen LogP contribution in [0.15, 0.2) is 22.8 Å². The second-order valence-corrected chi connectivity index (χ2v) is 4.29. The molecule has 1 fully saturated rings. The molecule has 3 atom stereocenters. The molecule has 0 saturated carbocycles. The molecule has 2 rings (SSSR count). The van der Waals surface area contributed by atoms with Gasteiger partial charge in [0.05, 0.1) is 6.26 Å². The van der Waals surface area contributed by atoms with E-state index in [1.807, 2.05) is 0 Å². The summed E-state index contributed by atoms with van der Waals surface area (Å²) in [5.74, 6) is 0.949. The summed E-state index contributed by atoms with van der Waals surface area (Å²) in [6, 6.07) is 2.44. The summed E-state index contributed by atoms with van der Waals surface area (Å²) in [7, 11) is 0. The quantitative estimate of drug-likeness (QED) is 0.590. The van der Waals surface area contributed by atoms with Crippen molar-refractivity contribution in [3.63, 3.8) is 0 Å². The van der Waals surface area contributed by atoms with E-state index in [0.29, 0.717) is 11.5 Å². The molecule has 5 nitrogen and oxygen atoms in total. The number of thioether (sulfide) groups is 1. The number of aliphatic hydroxyl groups is 1. The van der Waals surface area contributed by atoms with Gasteiger partial charge in [-0.15, -0.1) is 11.8 Å². The van der Waals surface area contributed by atoms with Crippen molar-refractivity contribution in [3.05, 3.63) is 34.3 Å². The zero-order valence-electron chi connectivity index (χ0n) is 7.20. The van der Waals surface area contributed by atoms with E-state index in [0.717, 1.165) is 0 Å². The number of nitro groups is 1. The van der Waals surface area contributed by atoms with E-state index in [4.69, 9.17) is 4.42 Å². The number of aliphatic hydroxyl groups excluding tert-OH is 1. The van der Waals surface area contributed by atoms with Crippen molar-refractivity contribution in [2.45, 2.75) is 17.4 Å². The third kappa shape index (κ3) is 1.51. The summed E-state index contributed by atoms with van der Waals surface area (Å²) in [4.78, 5) is 10.3. The van der Waals surface area contributed by atoms with Crippen molar-refractivity contribution in [2.24, 2.45) is 0 Å². The van der Waals surface area contributed by atoms with Crippen LogP contribution in [0, 0.1) is 10.1 Å². The number of hydrogen-bond acceptors (Lipinski definition) is 5. The number of nitrogens with zero attached hydrogens (tertiary/aromatic N) is 1. The van der Waals surface area contributed by atoms with E-state index < -0.39 is 17.1 Å². The van der Waals surface area contributed by atoms with Crippen LogP contribution in [0.3, 0.4) is 0 Å². The Morgan fingerprint density at radius 2 is 2.50 bits per heavy atom. The first kappa shape index (κ1) is 9.54. The first-order valence-electron chi connectivity index (χ1n) is 4.16. The molecule has 1 aliphatic rings. The summed E-state index contributed by atoms with van der Waals surface area (Å²) in [5.41, 5.74) is 0. The van der Waals surface area contributed by atoms with Crippen molar-refractivity contribution < 1.29 is 14.4 Å². The Kier molecular flexibility index (Phi) is 2.47. The average Bonchev–Trinajstić information content (AvgIpc) is 2.70. The van der Waals surface area contributed by atoms with E-state index in [2.05, 4.69) is 0 Å². The molecule has 1 aliphatic heterocycles. The smallest absolute Gasteiger partial charge is 0.258 e. The predicted molar refractivity (Wildman–Crippen MR) is 50.7 cm³/mol. The first-order valence-corrected chi connectivity index (χ1v) is 5.21. The fourth-order valence-corrected chi connectivity index (χ4v) is 2.93. The van der Waals surface area contributed by atoms with Gasteiger partial charge in [-0.2, -0.15) is 0 Å². The van der Waals surface area contributed by atoms with Crippen LogP contribution in [-0.4, -0.2) is 27.9 Å². The van der Waals surface area contributed by atoms with Gasteiger partial charge in [-0.05, 0) is 12.1 Å². The summed E-state index contributed by atoms with van der Waals surface area (Å²) in [6.07, 6.45) is 0.600. The molecule has 2 heterocycles. The second kappa shape index (κ2) is 3.62. The third-order valence-electron chi connectivity index (χ3n) is 2.22. The highest BCUT2D eigenvalue weighted by Crippen LogP contribution is 2.41. The molecule has 0 aromatic carbocycles. The lowest BCUT2D eigenvalue weighted by molar-refractivity contribution is -0.532. The van der Waals surface area contributed by atoms with Crippen LogP contribution < -0.4 is 0 Å². The summed E-state index contributed by atoms with van der Waals surface area (Å²) < 4.78 is 5.11. The van der Waals surface area contributed by atoms with Gasteiger partial charge in [-0.1, -0.05) is 0 Å². The van der Waals surface area contributed by atoms with E-state index in [1.165, 1.54) is 18.0 Å². The molecule has 0 unspecified atom stereocenters. The normalized spacial score (nSPS) is 31.9. The van der Waals surface area contributed by atoms with Crippen molar-refractivity contribution in [1.29, 1.82) is 0 Å². The van der Waals surface area contributed by atoms with Crippen LogP contribution in [0.2, 0.25) is 0 Å². The molecule has 1 saturated heterocycles. The van der Waals surface area contributed by atoms with Crippen LogP contribution in [0.5, 0.6) is 0 Å². The fourth-order valence-electron chi connectivity index (χ4n) is 1.56. The molecule has 0 bridgehead atoms. The Balaban J connectivity index is 2.24. The van der Waals surface area contributed by atoms with Crippen LogP contribution in [0.4, 0.5) is 0 Å². The third-order valence-corrected chi connectivity index (χ3v) is 3.62. The minimum absolute atomic E-state index is 0.366. The number of rotatable bonds is 2. The molecule has 1 aromatic rings. The standard InChI is InChI=1S/C8H9NO4S/c10-5-4-14-8(7(5)9(11)12)6-2-1-3-13-6/h1-3,5,7-8,10H,4H2/t5-,7-,8+/m1/s1. The topological polar surface area (TPSA) is 76.5 Å². The molecule has 0 radical (unpaired) electrons. The Morgan fingerprint density at radius 1 is 1.71 bits per heavy atom. The zero-order chi connectivity index (χ0) is 10.1. The van der Waals surface area contributed by atoms with E-state index in [-0.39, 0.29) is 5.25 Å². The summed E-state index contributed by atoms with van der Waals surface area (Å²) >= 11 is 1.36. The van der Waals surface area contributed by atoms with Crippen molar-refractivity contribution in [1.82, 2.24) is 0 Å². The summed E-state index contributed by atoms with van der Waals surface area (Å²) in [5, 5.41) is 19.8. The molecule has 1 aromatic heterocycles. The van der Waals surface area contributed by atoms with Gasteiger partial charge in [0.15, 0.2) is 0 Å². The molecular weight excluding hydrogens is 206 g/mol. The lowest BCUT2D eigenvalue weighted by atomic mass is 10.1. The van der Waals surface area contributed by atoms with E-state index >= 15 is 0 Å². The largest absolute Gasteiger partial charge is 0.468 e. The van der Waals surface area contributed by atoms with Gasteiger partial charge < -0.3 is 9.52 Å². The molecule has 0 aliphatic carbocycles. The van der Waals surface area contributed by atoms with E-state index in [9.17, 15) is 15.2 Å². The highest BCUT2D eigenvalue weighted by Gasteiger charge is 2.46. The molecule has 0 amide bonds. The molecule has 0 spiro atoms. The van der Waals surface area contributed by atoms with Crippen molar-refractivity contribution >= 4 is 11.8 Å². The maximum Gasteiger partial charge on any atom is 0.258 e. The van der Waals surface area contributed by atoms with E-state index in [1.54, 1.807) is 12.1 Å². The lowest BCUT2D eigenvalue weighted by Gasteiger charge is -2.10. The minimum Gasteiger partial charge on any atom is -0.468 e. The van der Waals surface area contributed by atoms with Crippen molar-refractivity contribution in [3.8, 4) is 0 Å². The Labute approximate surface area is 84.2 Å². The van der Waals surface area contributed by atoms with Crippen LogP contribution >= 0.6 is 11.8 Å². The highest BCUT2D eigenvalue weighted by atomic mass is 32.2. The van der Waals surface area contributed by atoms with Crippen molar-refractivity contribution in [2.75, 3.05) is 5.75 Å². The minimum atomic E-state index is -0.953. The second-order valence-electron chi connectivity index (χ2n) is 3.11. The monoisotopic (exact) mass is 215 g/mol. The van der Waals surface area contributed by atoms with Gasteiger partial charge in [-0.3, -0.25) is 10.1 Å². The van der Waals surface area contributed by atoms with Crippen LogP contribution in [0.25, 0.3) is 0 Å². The predicted octanol–water partition coefficient (Wildman–Crippen LogP) is 1.07. The summed E-state index contributed by atoms with van der Waals surface area (Å²) in [6.45, 7) is 0. The zero-order valence-corrected chi connectivity index (χ0v) is 8.02. The van der Waals surface area contributed by atoms with Gasteiger partial charge in [0.1, 0.15) is 17.1 Å². The van der Waals surface area contributed by atoms with Crippen LogP contribution in [0.1, 0.15) is 11.0 Å². The molecule has 1 N–H and O–H groups in total. The maximum absolute atomic E-state index is 10.7. The SMILES string of the molecule is O=[N+]([O-])[C@@H]1[C@H](O)CS[C@H]1c1ccco1. The van der Waals surface area contributed by atoms with Crippen LogP contribution in [-0.2, 0) is 0 Å². The Hall–Kier alpha value is -1.01. The van der Waals surface area contributed by atoms with Gasteiger partial charge >= 0.3 is 0 Å². The molecule has 14 heavy (non-hydrogen) atoms. The average molecular weight is 215 g/mol. The Morgan fingerprint density at radius 3 is 3.07 bits per heavy atom. The highest BCUT2D eigenvalue weighted by molar-refractivity contribution is 7.99. The van der Waals surface area contributed by atoms with Gasteiger partial charge in [0.25, 0.3) is 6.04 Å². The fraction of sp³-hybridized carbons (Fsp3) is 0.500. The number of furan rings is 1. The Bertz CT molecular complexity index is 326. The first-order chi connectivity index (χ1) is 6.70. The lowest BCUT2D eigenvalue weighted by Crippen LogP contribution is -2.33. The van der Waals surface area contributed by atoms with Gasteiger partial charge in [0, 0.05) is 10.7 Å². The van der Waals surface area contributed by atoms with Gasteiger partial charge in [-0.25, -0.2) is 0 Å². The number of hydrogen-bond donors (Lipinski definition) is 1. The molecule has 6 heteroatoms. The van der Waals surface area contributed by atoms with Gasteiger partial charge in [0.2, 0.25) is 0 Å². The maximum atomic E-state index is 10.7. The molecular formula is C8H9NO4S.